The van der Waals surface area contributed by atoms with Gasteiger partial charge in [0.25, 0.3) is 0 Å². The highest BCUT2D eigenvalue weighted by atomic mass is 16.3. The maximum absolute atomic E-state index is 9.49. The summed E-state index contributed by atoms with van der Waals surface area (Å²) in [6.45, 7) is 8.52. The van der Waals surface area contributed by atoms with Gasteiger partial charge < -0.3 is 15.0 Å². The summed E-state index contributed by atoms with van der Waals surface area (Å²) in [5, 5.41) is 12.9. The first kappa shape index (κ1) is 13.2. The molecular formula is C12H23N3O. The van der Waals surface area contributed by atoms with Crippen molar-refractivity contribution in [3.63, 3.8) is 0 Å². The van der Waals surface area contributed by atoms with Crippen molar-refractivity contribution < 1.29 is 5.11 Å². The van der Waals surface area contributed by atoms with Crippen molar-refractivity contribution in [2.75, 3.05) is 6.61 Å². The van der Waals surface area contributed by atoms with Gasteiger partial charge in [0.05, 0.1) is 12.9 Å². The molecule has 0 fully saturated rings. The van der Waals surface area contributed by atoms with Crippen molar-refractivity contribution in [3.8, 4) is 0 Å². The molecule has 0 aromatic carbocycles. The normalized spacial score (nSPS) is 17.4. The molecule has 4 nitrogen and oxygen atoms in total. The number of aliphatic hydroxyl groups excluding tert-OH is 1. The van der Waals surface area contributed by atoms with Crippen LogP contribution in [0.25, 0.3) is 0 Å². The third-order valence-electron chi connectivity index (χ3n) is 2.77. The van der Waals surface area contributed by atoms with Crippen LogP contribution in [0.1, 0.15) is 40.2 Å². The minimum Gasteiger partial charge on any atom is -0.394 e. The molecule has 0 bridgehead atoms. The van der Waals surface area contributed by atoms with Gasteiger partial charge in [0.1, 0.15) is 0 Å². The lowest BCUT2D eigenvalue weighted by Crippen LogP contribution is -2.50. The Labute approximate surface area is 97.7 Å². The fraction of sp³-hybridized carbons (Fsp3) is 0.750. The van der Waals surface area contributed by atoms with Crippen LogP contribution in [0.5, 0.6) is 0 Å². The maximum atomic E-state index is 9.49. The highest BCUT2D eigenvalue weighted by molar-refractivity contribution is 4.89. The lowest BCUT2D eigenvalue weighted by atomic mass is 9.93. The fourth-order valence-electron chi connectivity index (χ4n) is 2.15. The minimum atomic E-state index is -0.238. The molecule has 0 aliphatic carbocycles. The second-order valence-corrected chi connectivity index (χ2v) is 5.08. The molecule has 92 valence electrons. The van der Waals surface area contributed by atoms with Crippen molar-refractivity contribution >= 4 is 0 Å². The molecule has 0 spiro atoms. The van der Waals surface area contributed by atoms with Crippen LogP contribution in [0, 0.1) is 0 Å². The largest absolute Gasteiger partial charge is 0.394 e. The van der Waals surface area contributed by atoms with E-state index in [1.165, 1.54) is 0 Å². The van der Waals surface area contributed by atoms with E-state index in [9.17, 15) is 5.11 Å². The highest BCUT2D eigenvalue weighted by Gasteiger charge is 2.26. The predicted molar refractivity (Wildman–Crippen MR) is 65.3 cm³/mol. The first-order valence-electron chi connectivity index (χ1n) is 5.83. The first-order chi connectivity index (χ1) is 7.47. The Morgan fingerprint density at radius 1 is 1.44 bits per heavy atom. The van der Waals surface area contributed by atoms with E-state index in [1.54, 1.807) is 6.20 Å². The smallest absolute Gasteiger partial charge is 0.0948 e. The molecule has 0 radical (unpaired) electrons. The van der Waals surface area contributed by atoms with Crippen LogP contribution in [0.4, 0.5) is 0 Å². The number of aromatic nitrogens is 2. The number of nitrogens with zero attached hydrogens (tertiary/aromatic N) is 2. The summed E-state index contributed by atoms with van der Waals surface area (Å²) in [7, 11) is 0. The van der Waals surface area contributed by atoms with Gasteiger partial charge in [0, 0.05) is 30.0 Å². The number of hydrogen-bond acceptors (Lipinski definition) is 3. The average Bonchev–Trinajstić information content (AvgIpc) is 2.69. The number of aliphatic hydroxyl groups is 1. The van der Waals surface area contributed by atoms with Crippen molar-refractivity contribution in [2.24, 2.45) is 0 Å². The van der Waals surface area contributed by atoms with Gasteiger partial charge in [-0.05, 0) is 20.3 Å². The second-order valence-electron chi connectivity index (χ2n) is 5.08. The summed E-state index contributed by atoms with van der Waals surface area (Å²) in [6, 6.07) is 0.693. The van der Waals surface area contributed by atoms with Gasteiger partial charge in [0.15, 0.2) is 0 Å². The van der Waals surface area contributed by atoms with Gasteiger partial charge in [-0.25, -0.2) is 4.98 Å². The molecular weight excluding hydrogens is 202 g/mol. The molecule has 2 N–H and O–H groups in total. The van der Waals surface area contributed by atoms with Gasteiger partial charge in [0.2, 0.25) is 0 Å². The van der Waals surface area contributed by atoms with E-state index in [1.807, 2.05) is 12.5 Å². The van der Waals surface area contributed by atoms with Gasteiger partial charge in [-0.2, -0.15) is 0 Å². The summed E-state index contributed by atoms with van der Waals surface area (Å²) >= 11 is 0. The van der Waals surface area contributed by atoms with Crippen LogP contribution in [-0.4, -0.2) is 32.8 Å². The van der Waals surface area contributed by atoms with Crippen LogP contribution in [0.3, 0.4) is 0 Å². The van der Waals surface area contributed by atoms with E-state index in [4.69, 9.17) is 0 Å². The number of nitrogens with one attached hydrogen (secondary N) is 1. The summed E-state index contributed by atoms with van der Waals surface area (Å²) in [6.07, 6.45) is 6.43. The van der Waals surface area contributed by atoms with Crippen LogP contribution in [-0.2, 0) is 0 Å². The van der Waals surface area contributed by atoms with E-state index in [0.29, 0.717) is 12.1 Å². The van der Waals surface area contributed by atoms with Crippen LogP contribution in [0.2, 0.25) is 0 Å². The lowest BCUT2D eigenvalue weighted by Gasteiger charge is -2.33. The monoisotopic (exact) mass is 225 g/mol. The van der Waals surface area contributed by atoms with Crippen LogP contribution in [0.15, 0.2) is 18.7 Å². The molecule has 2 unspecified atom stereocenters. The van der Waals surface area contributed by atoms with E-state index in [2.05, 4.69) is 42.6 Å². The lowest BCUT2D eigenvalue weighted by molar-refractivity contribution is 0.142. The average molecular weight is 225 g/mol. The molecule has 0 saturated carbocycles. The van der Waals surface area contributed by atoms with Crippen molar-refractivity contribution in [1.29, 1.82) is 0 Å². The minimum absolute atomic E-state index is 0.143. The summed E-state index contributed by atoms with van der Waals surface area (Å²) in [5.74, 6) is 0. The Morgan fingerprint density at radius 3 is 2.56 bits per heavy atom. The summed E-state index contributed by atoms with van der Waals surface area (Å²) in [4.78, 5) is 4.04. The van der Waals surface area contributed by atoms with Gasteiger partial charge >= 0.3 is 0 Å². The molecule has 1 heterocycles. The molecule has 1 rings (SSSR count). The quantitative estimate of drug-likeness (QED) is 0.773. The third-order valence-corrected chi connectivity index (χ3v) is 2.77. The summed E-state index contributed by atoms with van der Waals surface area (Å²) in [5.41, 5.74) is -0.238. The van der Waals surface area contributed by atoms with E-state index in [-0.39, 0.29) is 12.1 Å². The van der Waals surface area contributed by atoms with E-state index in [0.717, 1.165) is 6.42 Å². The molecule has 0 aliphatic heterocycles. The second kappa shape index (κ2) is 5.46. The standard InChI is InChI=1S/C12H23N3O/c1-10(2)14-12(4,8-16)7-11(3)15-6-5-13-9-15/h5-6,9-11,14,16H,7-8H2,1-4H3. The van der Waals surface area contributed by atoms with E-state index < -0.39 is 0 Å². The Hall–Kier alpha value is -0.870. The maximum Gasteiger partial charge on any atom is 0.0948 e. The Morgan fingerprint density at radius 2 is 2.12 bits per heavy atom. The van der Waals surface area contributed by atoms with Gasteiger partial charge in [-0.1, -0.05) is 13.8 Å². The molecule has 1 aromatic heterocycles. The number of rotatable bonds is 6. The van der Waals surface area contributed by atoms with Gasteiger partial charge in [-0.3, -0.25) is 0 Å². The highest BCUT2D eigenvalue weighted by Crippen LogP contribution is 2.20. The molecule has 1 aromatic rings. The zero-order valence-corrected chi connectivity index (χ0v) is 10.6. The van der Waals surface area contributed by atoms with Gasteiger partial charge in [-0.15, -0.1) is 0 Å². The molecule has 0 saturated heterocycles. The topological polar surface area (TPSA) is 50.1 Å². The number of hydrogen-bond donors (Lipinski definition) is 2. The fourth-order valence-corrected chi connectivity index (χ4v) is 2.15. The van der Waals surface area contributed by atoms with E-state index >= 15 is 0 Å². The van der Waals surface area contributed by atoms with Crippen LogP contribution >= 0.6 is 0 Å². The molecule has 4 heteroatoms. The third kappa shape index (κ3) is 3.61. The predicted octanol–water partition coefficient (Wildman–Crippen LogP) is 1.58. The SMILES string of the molecule is CC(C)NC(C)(CO)CC(C)n1ccnc1. The Balaban J connectivity index is 2.62. The van der Waals surface area contributed by atoms with Crippen LogP contribution < -0.4 is 5.32 Å². The van der Waals surface area contributed by atoms with Crippen molar-refractivity contribution in [3.05, 3.63) is 18.7 Å². The molecule has 2 atom stereocenters. The summed E-state index contributed by atoms with van der Waals surface area (Å²) < 4.78 is 2.07. The molecule has 0 amide bonds. The zero-order chi connectivity index (χ0) is 12.2. The molecule has 16 heavy (non-hydrogen) atoms. The molecule has 0 aliphatic rings. The number of imidazole rings is 1. The van der Waals surface area contributed by atoms with Crippen molar-refractivity contribution in [1.82, 2.24) is 14.9 Å². The van der Waals surface area contributed by atoms with Crippen molar-refractivity contribution in [2.45, 2.75) is 51.7 Å². The Bertz CT molecular complexity index is 297. The zero-order valence-electron chi connectivity index (χ0n) is 10.6. The first-order valence-corrected chi connectivity index (χ1v) is 5.83. The Kier molecular flexibility index (Phi) is 4.50.